The largest absolute Gasteiger partial charge is 0.573 e. The summed E-state index contributed by atoms with van der Waals surface area (Å²) in [5.41, 5.74) is 8.41. The van der Waals surface area contributed by atoms with Crippen molar-refractivity contribution < 1.29 is 27.4 Å². The summed E-state index contributed by atoms with van der Waals surface area (Å²) in [6, 6.07) is 21.3. The van der Waals surface area contributed by atoms with Gasteiger partial charge in [-0.2, -0.15) is 0 Å². The highest BCUT2D eigenvalue weighted by molar-refractivity contribution is 6.01. The van der Waals surface area contributed by atoms with Crippen molar-refractivity contribution in [3.63, 3.8) is 0 Å². The second-order valence-corrected chi connectivity index (χ2v) is 7.95. The topological polar surface area (TPSA) is 98.3 Å². The van der Waals surface area contributed by atoms with E-state index in [-0.39, 0.29) is 17.7 Å². The second kappa shape index (κ2) is 13.1. The molecule has 0 spiro atoms. The van der Waals surface area contributed by atoms with Crippen LogP contribution >= 0.6 is 0 Å². The highest BCUT2D eigenvalue weighted by Crippen LogP contribution is 2.25. The Bertz CT molecular complexity index is 1200. The highest BCUT2D eigenvalue weighted by atomic mass is 19.4. The van der Waals surface area contributed by atoms with Crippen LogP contribution in [0.3, 0.4) is 0 Å². The van der Waals surface area contributed by atoms with Crippen molar-refractivity contribution in [2.75, 3.05) is 5.32 Å². The first-order valence-corrected chi connectivity index (χ1v) is 11.6. The molecule has 0 aliphatic rings. The summed E-state index contributed by atoms with van der Waals surface area (Å²) in [5.74, 6) is -0.179. The summed E-state index contributed by atoms with van der Waals surface area (Å²) in [6.07, 6.45) is -1.80. The first-order valence-electron chi connectivity index (χ1n) is 11.6. The third-order valence-corrected chi connectivity index (χ3v) is 5.14. The lowest BCUT2D eigenvalue weighted by Crippen LogP contribution is -2.18. The number of ether oxygens (including phenoxy) is 2. The first-order chi connectivity index (χ1) is 17.7. The molecule has 3 aromatic carbocycles. The molecular weight excluding hydrogens is 485 g/mol. The number of aliphatic imine (C=N–C) groups is 2. The quantitative estimate of drug-likeness (QED) is 0.223. The minimum Gasteiger partial charge on any atom is -0.441 e. The van der Waals surface area contributed by atoms with Crippen molar-refractivity contribution in [3.8, 4) is 5.75 Å². The normalized spacial score (nSPS) is 12.8. The number of rotatable bonds is 10. The molecule has 7 nitrogen and oxygen atoms in total. The van der Waals surface area contributed by atoms with E-state index in [1.807, 2.05) is 30.3 Å². The van der Waals surface area contributed by atoms with Gasteiger partial charge < -0.3 is 15.2 Å². The van der Waals surface area contributed by atoms with Crippen LogP contribution in [0.25, 0.3) is 0 Å². The number of halogens is 3. The monoisotopic (exact) mass is 512 g/mol. The Balaban J connectivity index is 1.56. The molecule has 0 saturated carbocycles. The molecule has 0 aliphatic carbocycles. The molecule has 0 bridgehead atoms. The fourth-order valence-electron chi connectivity index (χ4n) is 3.32. The van der Waals surface area contributed by atoms with Gasteiger partial charge >= 0.3 is 12.5 Å². The molecule has 37 heavy (non-hydrogen) atoms. The van der Waals surface area contributed by atoms with E-state index in [0.717, 1.165) is 37.0 Å². The zero-order valence-electron chi connectivity index (χ0n) is 20.1. The molecule has 1 unspecified atom stereocenters. The lowest BCUT2D eigenvalue weighted by Gasteiger charge is -2.18. The van der Waals surface area contributed by atoms with Crippen LogP contribution in [0.2, 0.25) is 0 Å². The molecule has 1 amide bonds. The average molecular weight is 513 g/mol. The number of nitrogens with one attached hydrogen (secondary N) is 1. The molecule has 3 rings (SSSR count). The zero-order chi connectivity index (χ0) is 26.7. The Hall–Kier alpha value is -4.34. The van der Waals surface area contributed by atoms with E-state index in [4.69, 9.17) is 10.5 Å². The molecule has 3 aromatic rings. The van der Waals surface area contributed by atoms with Crippen LogP contribution < -0.4 is 15.8 Å². The van der Waals surface area contributed by atoms with Crippen LogP contribution in [0.1, 0.15) is 43.4 Å². The number of carbonyl (C=O) groups excluding carboxylic acids is 1. The van der Waals surface area contributed by atoms with Gasteiger partial charge in [-0.15, -0.1) is 13.2 Å². The van der Waals surface area contributed by atoms with Gasteiger partial charge in [-0.1, -0.05) is 43.7 Å². The molecule has 0 aliphatic heterocycles. The van der Waals surface area contributed by atoms with Crippen LogP contribution in [0.5, 0.6) is 5.75 Å². The number of amidine groups is 1. The molecule has 3 N–H and O–H groups in total. The van der Waals surface area contributed by atoms with Crippen molar-refractivity contribution >= 4 is 29.6 Å². The number of carbonyl (C=O) groups is 1. The third kappa shape index (κ3) is 9.32. The Labute approximate surface area is 212 Å². The SMILES string of the molecule is CCCCC(OC(=O)Nc1ccc(C(N)=NC=Nc2ccc(OC(F)(F)F)cc2)cc1)c1ccccc1. The Kier molecular flexibility index (Phi) is 9.65. The van der Waals surface area contributed by atoms with Crippen LogP contribution in [0, 0.1) is 0 Å². The summed E-state index contributed by atoms with van der Waals surface area (Å²) < 4.78 is 46.2. The maximum Gasteiger partial charge on any atom is 0.573 e. The Morgan fingerprint density at radius 3 is 2.32 bits per heavy atom. The fraction of sp³-hybridized carbons (Fsp3) is 0.222. The minimum absolute atomic E-state index is 0.165. The number of benzene rings is 3. The van der Waals surface area contributed by atoms with Gasteiger partial charge in [-0.25, -0.2) is 14.8 Å². The van der Waals surface area contributed by atoms with E-state index in [2.05, 4.69) is 27.0 Å². The summed E-state index contributed by atoms with van der Waals surface area (Å²) in [7, 11) is 0. The smallest absolute Gasteiger partial charge is 0.441 e. The number of amides is 1. The first kappa shape index (κ1) is 27.3. The van der Waals surface area contributed by atoms with Crippen LogP contribution in [0.15, 0.2) is 88.8 Å². The molecule has 0 saturated heterocycles. The van der Waals surface area contributed by atoms with Crippen molar-refractivity contribution in [3.05, 3.63) is 90.0 Å². The van der Waals surface area contributed by atoms with Gasteiger partial charge in [-0.05, 0) is 66.9 Å². The van der Waals surface area contributed by atoms with E-state index >= 15 is 0 Å². The summed E-state index contributed by atoms with van der Waals surface area (Å²) in [6.45, 7) is 2.08. The maximum atomic E-state index is 12.5. The number of hydrogen-bond acceptors (Lipinski definition) is 4. The van der Waals surface area contributed by atoms with Crippen LogP contribution in [0.4, 0.5) is 29.3 Å². The van der Waals surface area contributed by atoms with Crippen molar-refractivity contribution in [2.45, 2.75) is 38.7 Å². The lowest BCUT2D eigenvalue weighted by atomic mass is 10.0. The number of nitrogens with two attached hydrogens (primary N) is 1. The number of unbranched alkanes of at least 4 members (excludes halogenated alkanes) is 1. The predicted octanol–water partition coefficient (Wildman–Crippen LogP) is 7.13. The molecule has 0 aromatic heterocycles. The van der Waals surface area contributed by atoms with E-state index in [9.17, 15) is 18.0 Å². The number of hydrogen-bond donors (Lipinski definition) is 2. The molecule has 194 valence electrons. The fourth-order valence-corrected chi connectivity index (χ4v) is 3.32. The molecular formula is C27H27F3N4O3. The van der Waals surface area contributed by atoms with Gasteiger partial charge in [0, 0.05) is 11.3 Å². The summed E-state index contributed by atoms with van der Waals surface area (Å²) in [5, 5.41) is 2.72. The van der Waals surface area contributed by atoms with E-state index in [1.165, 1.54) is 18.5 Å². The molecule has 10 heteroatoms. The van der Waals surface area contributed by atoms with Gasteiger partial charge in [-0.3, -0.25) is 5.32 Å². The van der Waals surface area contributed by atoms with Crippen molar-refractivity contribution in [1.82, 2.24) is 0 Å². The Morgan fingerprint density at radius 2 is 1.70 bits per heavy atom. The molecule has 0 radical (unpaired) electrons. The van der Waals surface area contributed by atoms with E-state index < -0.39 is 12.5 Å². The molecule has 0 heterocycles. The van der Waals surface area contributed by atoms with Gasteiger partial charge in [0.25, 0.3) is 0 Å². The van der Waals surface area contributed by atoms with Gasteiger partial charge in [0.2, 0.25) is 0 Å². The minimum atomic E-state index is -4.76. The second-order valence-electron chi connectivity index (χ2n) is 7.95. The van der Waals surface area contributed by atoms with Crippen molar-refractivity contribution in [1.29, 1.82) is 0 Å². The third-order valence-electron chi connectivity index (χ3n) is 5.14. The van der Waals surface area contributed by atoms with E-state index in [0.29, 0.717) is 16.9 Å². The molecule has 1 atom stereocenters. The van der Waals surface area contributed by atoms with Gasteiger partial charge in [0.1, 0.15) is 24.0 Å². The highest BCUT2D eigenvalue weighted by Gasteiger charge is 2.30. The average Bonchev–Trinajstić information content (AvgIpc) is 2.87. The maximum absolute atomic E-state index is 12.5. The standard InChI is InChI=1S/C27H27F3N4O3/c1-2-3-9-24(19-7-5-4-6-8-19)36-26(35)34-22-12-10-20(11-13-22)25(31)33-18-32-21-14-16-23(17-15-21)37-27(28,29)30/h4-8,10-18,24H,2-3,9H2,1H3,(H,34,35)(H2,31,32,33). The van der Waals surface area contributed by atoms with Crippen LogP contribution in [-0.4, -0.2) is 24.6 Å². The Morgan fingerprint density at radius 1 is 1.03 bits per heavy atom. The van der Waals surface area contributed by atoms with Crippen molar-refractivity contribution in [2.24, 2.45) is 15.7 Å². The summed E-state index contributed by atoms with van der Waals surface area (Å²) >= 11 is 0. The predicted molar refractivity (Wildman–Crippen MR) is 137 cm³/mol. The lowest BCUT2D eigenvalue weighted by molar-refractivity contribution is -0.274. The molecule has 0 fully saturated rings. The van der Waals surface area contributed by atoms with Crippen LogP contribution in [-0.2, 0) is 4.74 Å². The summed E-state index contributed by atoms with van der Waals surface area (Å²) in [4.78, 5) is 20.6. The number of anilines is 1. The zero-order valence-corrected chi connectivity index (χ0v) is 20.1. The van der Waals surface area contributed by atoms with Gasteiger partial charge in [0.15, 0.2) is 0 Å². The van der Waals surface area contributed by atoms with Gasteiger partial charge in [0.05, 0.1) is 5.69 Å². The number of alkyl halides is 3. The van der Waals surface area contributed by atoms with E-state index in [1.54, 1.807) is 24.3 Å². The number of nitrogens with zero attached hydrogens (tertiary/aromatic N) is 2.